The molecular formula is C11H11ClN2O2S. The molecule has 0 saturated carbocycles. The standard InChI is InChI=1S/C11H11ClN2O2S/c1-11(2,3)10-13-9-7(12)4-6(14(15)16)5-8(9)17-10/h4-5H,1-3H3. The van der Waals surface area contributed by atoms with Crippen molar-refractivity contribution in [3.63, 3.8) is 0 Å². The summed E-state index contributed by atoms with van der Waals surface area (Å²) in [5.41, 5.74) is 0.570. The maximum Gasteiger partial charge on any atom is 0.272 e. The van der Waals surface area contributed by atoms with Crippen molar-refractivity contribution in [1.29, 1.82) is 0 Å². The van der Waals surface area contributed by atoms with Crippen LogP contribution in [0.25, 0.3) is 10.2 Å². The van der Waals surface area contributed by atoms with Gasteiger partial charge < -0.3 is 0 Å². The van der Waals surface area contributed by atoms with Crippen molar-refractivity contribution in [1.82, 2.24) is 4.98 Å². The second-order valence-electron chi connectivity index (χ2n) is 4.80. The summed E-state index contributed by atoms with van der Waals surface area (Å²) in [4.78, 5) is 14.7. The van der Waals surface area contributed by atoms with Gasteiger partial charge in [-0.15, -0.1) is 11.3 Å². The summed E-state index contributed by atoms with van der Waals surface area (Å²) in [6.07, 6.45) is 0. The van der Waals surface area contributed by atoms with Crippen LogP contribution in [-0.2, 0) is 5.41 Å². The van der Waals surface area contributed by atoms with E-state index in [0.29, 0.717) is 10.5 Å². The fraction of sp³-hybridized carbons (Fsp3) is 0.364. The highest BCUT2D eigenvalue weighted by molar-refractivity contribution is 7.18. The van der Waals surface area contributed by atoms with Gasteiger partial charge in [-0.05, 0) is 0 Å². The maximum absolute atomic E-state index is 10.7. The van der Waals surface area contributed by atoms with E-state index in [2.05, 4.69) is 4.98 Å². The van der Waals surface area contributed by atoms with E-state index in [0.717, 1.165) is 9.71 Å². The number of aromatic nitrogens is 1. The zero-order valence-corrected chi connectivity index (χ0v) is 11.2. The molecule has 0 saturated heterocycles. The SMILES string of the molecule is CC(C)(C)c1nc2c(Cl)cc([N+](=O)[O-])cc2s1. The van der Waals surface area contributed by atoms with Crippen LogP contribution in [0.4, 0.5) is 5.69 Å². The Morgan fingerprint density at radius 3 is 2.59 bits per heavy atom. The molecule has 0 spiro atoms. The third kappa shape index (κ3) is 2.25. The Hall–Kier alpha value is -1.20. The zero-order chi connectivity index (χ0) is 12.8. The molecule has 0 aliphatic carbocycles. The summed E-state index contributed by atoms with van der Waals surface area (Å²) >= 11 is 7.46. The molecule has 0 N–H and O–H groups in total. The van der Waals surface area contributed by atoms with Crippen LogP contribution in [0.2, 0.25) is 5.02 Å². The quantitative estimate of drug-likeness (QED) is 0.578. The molecule has 1 heterocycles. The van der Waals surface area contributed by atoms with E-state index in [-0.39, 0.29) is 11.1 Å². The van der Waals surface area contributed by atoms with Crippen LogP contribution in [0, 0.1) is 10.1 Å². The van der Waals surface area contributed by atoms with Gasteiger partial charge >= 0.3 is 0 Å². The zero-order valence-electron chi connectivity index (χ0n) is 9.65. The van der Waals surface area contributed by atoms with Gasteiger partial charge in [0, 0.05) is 17.5 Å². The summed E-state index contributed by atoms with van der Waals surface area (Å²) in [6, 6.07) is 2.87. The van der Waals surface area contributed by atoms with Gasteiger partial charge in [0.2, 0.25) is 0 Å². The molecule has 0 atom stereocenters. The minimum absolute atomic E-state index is 0.00612. The van der Waals surface area contributed by atoms with Gasteiger partial charge in [0.25, 0.3) is 5.69 Å². The summed E-state index contributed by atoms with van der Waals surface area (Å²) in [6.45, 7) is 6.15. The molecule has 0 fully saturated rings. The Bertz CT molecular complexity index is 601. The third-order valence-corrected chi connectivity index (χ3v) is 4.00. The van der Waals surface area contributed by atoms with E-state index in [1.54, 1.807) is 0 Å². The summed E-state index contributed by atoms with van der Waals surface area (Å²) in [5, 5.41) is 12.0. The first-order valence-electron chi connectivity index (χ1n) is 5.04. The Labute approximate surface area is 107 Å². The maximum atomic E-state index is 10.7. The highest BCUT2D eigenvalue weighted by Gasteiger charge is 2.21. The first-order chi connectivity index (χ1) is 7.79. The van der Waals surface area contributed by atoms with Gasteiger partial charge in [-0.25, -0.2) is 4.98 Å². The molecule has 0 unspecified atom stereocenters. The van der Waals surface area contributed by atoms with E-state index >= 15 is 0 Å². The predicted molar refractivity (Wildman–Crippen MR) is 70.0 cm³/mol. The molecule has 0 aliphatic rings. The summed E-state index contributed by atoms with van der Waals surface area (Å²) in [7, 11) is 0. The fourth-order valence-electron chi connectivity index (χ4n) is 1.40. The number of rotatable bonds is 1. The van der Waals surface area contributed by atoms with Crippen molar-refractivity contribution in [2.24, 2.45) is 0 Å². The molecule has 6 heteroatoms. The molecule has 17 heavy (non-hydrogen) atoms. The van der Waals surface area contributed by atoms with Crippen molar-refractivity contribution >= 4 is 38.8 Å². The highest BCUT2D eigenvalue weighted by Crippen LogP contribution is 2.36. The monoisotopic (exact) mass is 270 g/mol. The van der Waals surface area contributed by atoms with Crippen LogP contribution in [0.5, 0.6) is 0 Å². The average Bonchev–Trinajstić information content (AvgIpc) is 2.60. The lowest BCUT2D eigenvalue weighted by Gasteiger charge is -2.13. The second kappa shape index (κ2) is 3.92. The predicted octanol–water partition coefficient (Wildman–Crippen LogP) is 4.16. The molecule has 90 valence electrons. The van der Waals surface area contributed by atoms with Crippen LogP contribution in [0.1, 0.15) is 25.8 Å². The van der Waals surface area contributed by atoms with Crippen molar-refractivity contribution in [2.75, 3.05) is 0 Å². The lowest BCUT2D eigenvalue weighted by Crippen LogP contribution is -2.09. The number of nitro groups is 1. The van der Waals surface area contributed by atoms with Gasteiger partial charge in [-0.3, -0.25) is 10.1 Å². The van der Waals surface area contributed by atoms with E-state index in [4.69, 9.17) is 11.6 Å². The van der Waals surface area contributed by atoms with Gasteiger partial charge in [-0.1, -0.05) is 32.4 Å². The van der Waals surface area contributed by atoms with Crippen LogP contribution in [-0.4, -0.2) is 9.91 Å². The lowest BCUT2D eigenvalue weighted by molar-refractivity contribution is -0.384. The third-order valence-electron chi connectivity index (χ3n) is 2.29. The number of benzene rings is 1. The Morgan fingerprint density at radius 2 is 2.06 bits per heavy atom. The summed E-state index contributed by atoms with van der Waals surface area (Å²) < 4.78 is 0.758. The van der Waals surface area contributed by atoms with Gasteiger partial charge in [0.05, 0.1) is 19.7 Å². The van der Waals surface area contributed by atoms with Crippen LogP contribution < -0.4 is 0 Å². The van der Waals surface area contributed by atoms with Gasteiger partial charge in [0.1, 0.15) is 5.52 Å². The summed E-state index contributed by atoms with van der Waals surface area (Å²) in [5.74, 6) is 0. The van der Waals surface area contributed by atoms with E-state index < -0.39 is 4.92 Å². The van der Waals surface area contributed by atoms with E-state index in [1.165, 1.54) is 23.5 Å². The largest absolute Gasteiger partial charge is 0.272 e. The van der Waals surface area contributed by atoms with Crippen LogP contribution in [0.3, 0.4) is 0 Å². The van der Waals surface area contributed by atoms with Crippen molar-refractivity contribution in [3.05, 3.63) is 32.3 Å². The molecule has 2 aromatic rings. The number of hydrogen-bond donors (Lipinski definition) is 0. The molecule has 0 amide bonds. The molecule has 0 aliphatic heterocycles. The van der Waals surface area contributed by atoms with Crippen LogP contribution in [0.15, 0.2) is 12.1 Å². The molecule has 2 rings (SSSR count). The molecule has 1 aromatic heterocycles. The van der Waals surface area contributed by atoms with Crippen molar-refractivity contribution in [3.8, 4) is 0 Å². The minimum Gasteiger partial charge on any atom is -0.258 e. The number of hydrogen-bond acceptors (Lipinski definition) is 4. The molecular weight excluding hydrogens is 260 g/mol. The number of nitrogens with zero attached hydrogens (tertiary/aromatic N) is 2. The first kappa shape index (κ1) is 12.3. The van der Waals surface area contributed by atoms with E-state index in [9.17, 15) is 10.1 Å². The number of non-ortho nitro benzene ring substituents is 1. The number of halogens is 1. The van der Waals surface area contributed by atoms with E-state index in [1.807, 2.05) is 20.8 Å². The minimum atomic E-state index is -0.443. The Kier molecular flexibility index (Phi) is 2.83. The fourth-order valence-corrected chi connectivity index (χ4v) is 2.80. The molecule has 0 bridgehead atoms. The average molecular weight is 271 g/mol. The Balaban J connectivity index is 2.69. The topological polar surface area (TPSA) is 56.0 Å². The number of thiazole rings is 1. The van der Waals surface area contributed by atoms with Gasteiger partial charge in [-0.2, -0.15) is 0 Å². The molecule has 1 aromatic carbocycles. The first-order valence-corrected chi connectivity index (χ1v) is 6.23. The van der Waals surface area contributed by atoms with Crippen LogP contribution >= 0.6 is 22.9 Å². The van der Waals surface area contributed by atoms with Crippen molar-refractivity contribution in [2.45, 2.75) is 26.2 Å². The highest BCUT2D eigenvalue weighted by atomic mass is 35.5. The van der Waals surface area contributed by atoms with Crippen molar-refractivity contribution < 1.29 is 4.92 Å². The lowest BCUT2D eigenvalue weighted by atomic mass is 9.98. The van der Waals surface area contributed by atoms with Gasteiger partial charge in [0.15, 0.2) is 0 Å². The smallest absolute Gasteiger partial charge is 0.258 e. The second-order valence-corrected chi connectivity index (χ2v) is 6.24. The number of fused-ring (bicyclic) bond motifs is 1. The Morgan fingerprint density at radius 1 is 1.41 bits per heavy atom. The number of nitro benzene ring substituents is 1. The molecule has 4 nitrogen and oxygen atoms in total. The molecule has 0 radical (unpaired) electrons. The normalized spacial score (nSPS) is 12.0.